The van der Waals surface area contributed by atoms with E-state index in [4.69, 9.17) is 23.2 Å². The van der Waals surface area contributed by atoms with Crippen LogP contribution in [0.25, 0.3) is 0 Å². The van der Waals surface area contributed by atoms with Crippen LogP contribution in [-0.4, -0.2) is 30.8 Å². The third-order valence-corrected chi connectivity index (χ3v) is 3.05. The van der Waals surface area contributed by atoms with Gasteiger partial charge in [-0.1, -0.05) is 23.2 Å². The second-order valence-electron chi connectivity index (χ2n) is 4.39. The summed E-state index contributed by atoms with van der Waals surface area (Å²) in [5.41, 5.74) is 0.249. The maximum atomic E-state index is 12.5. The fraction of sp³-hybridized carbons (Fsp3) is 0.385. The molecule has 0 aliphatic rings. The minimum absolute atomic E-state index is 0.171. The molecule has 128 valence electrons. The number of anilines is 1. The molecule has 23 heavy (non-hydrogen) atoms. The van der Waals surface area contributed by atoms with E-state index in [-0.39, 0.29) is 10.7 Å². The van der Waals surface area contributed by atoms with Gasteiger partial charge in [0, 0.05) is 11.4 Å². The maximum Gasteiger partial charge on any atom is 0.340 e. The third kappa shape index (κ3) is 6.62. The lowest BCUT2D eigenvalue weighted by Gasteiger charge is -2.14. The zero-order valence-electron chi connectivity index (χ0n) is 11.4. The molecule has 0 fully saturated rings. The summed E-state index contributed by atoms with van der Waals surface area (Å²) < 4.78 is 52.8. The molecular formula is C13H11Cl2F4NO3. The van der Waals surface area contributed by atoms with E-state index in [9.17, 15) is 27.2 Å². The van der Waals surface area contributed by atoms with Gasteiger partial charge in [-0.15, -0.1) is 0 Å². The van der Waals surface area contributed by atoms with Crippen LogP contribution in [0.4, 0.5) is 23.2 Å². The van der Waals surface area contributed by atoms with Gasteiger partial charge in [-0.2, -0.15) is 8.78 Å². The average Bonchev–Trinajstić information content (AvgIpc) is 2.46. The Balaban J connectivity index is 2.40. The van der Waals surface area contributed by atoms with Crippen LogP contribution in [0.15, 0.2) is 18.2 Å². The predicted octanol–water partition coefficient (Wildman–Crippen LogP) is 4.16. The molecule has 0 aliphatic carbocycles. The summed E-state index contributed by atoms with van der Waals surface area (Å²) in [6, 6.07) is 4.30. The number of amides is 1. The number of benzene rings is 1. The molecular weight excluding hydrogens is 365 g/mol. The van der Waals surface area contributed by atoms with Crippen molar-refractivity contribution in [3.8, 4) is 0 Å². The van der Waals surface area contributed by atoms with Crippen LogP contribution in [0.5, 0.6) is 0 Å². The van der Waals surface area contributed by atoms with Crippen molar-refractivity contribution in [2.45, 2.75) is 25.2 Å². The van der Waals surface area contributed by atoms with Gasteiger partial charge < -0.3 is 10.1 Å². The van der Waals surface area contributed by atoms with Crippen molar-refractivity contribution in [3.63, 3.8) is 0 Å². The van der Waals surface area contributed by atoms with Crippen LogP contribution in [0.2, 0.25) is 10.0 Å². The Hall–Kier alpha value is -1.54. The van der Waals surface area contributed by atoms with Gasteiger partial charge in [0.25, 0.3) is 0 Å². The Morgan fingerprint density at radius 3 is 2.43 bits per heavy atom. The highest BCUT2D eigenvalue weighted by molar-refractivity contribution is 6.36. The zero-order valence-corrected chi connectivity index (χ0v) is 12.9. The second-order valence-corrected chi connectivity index (χ2v) is 5.24. The molecule has 0 radical (unpaired) electrons. The van der Waals surface area contributed by atoms with Gasteiger partial charge >= 0.3 is 18.3 Å². The molecule has 4 nitrogen and oxygen atoms in total. The van der Waals surface area contributed by atoms with Gasteiger partial charge in [0.05, 0.1) is 17.1 Å². The number of rotatable bonds is 7. The third-order valence-electron chi connectivity index (χ3n) is 2.51. The highest BCUT2D eigenvalue weighted by Gasteiger charge is 2.42. The SMILES string of the molecule is O=C(CCC(=O)OCC(F)(F)C(F)F)Nc1ccc(Cl)cc1Cl. The first-order valence-corrected chi connectivity index (χ1v) is 6.94. The van der Waals surface area contributed by atoms with E-state index in [1.807, 2.05) is 0 Å². The fourth-order valence-corrected chi connectivity index (χ4v) is 1.79. The van der Waals surface area contributed by atoms with E-state index in [0.29, 0.717) is 5.02 Å². The lowest BCUT2D eigenvalue weighted by Crippen LogP contribution is -2.33. The van der Waals surface area contributed by atoms with Crippen LogP contribution in [-0.2, 0) is 14.3 Å². The lowest BCUT2D eigenvalue weighted by atomic mass is 10.2. The minimum atomic E-state index is -4.42. The molecule has 0 spiro atoms. The highest BCUT2D eigenvalue weighted by Crippen LogP contribution is 2.25. The summed E-state index contributed by atoms with van der Waals surface area (Å²) in [4.78, 5) is 22.7. The molecule has 1 amide bonds. The fourth-order valence-electron chi connectivity index (χ4n) is 1.33. The van der Waals surface area contributed by atoms with Gasteiger partial charge in [0.2, 0.25) is 5.91 Å². The van der Waals surface area contributed by atoms with Crippen molar-refractivity contribution < 1.29 is 31.9 Å². The predicted molar refractivity (Wildman–Crippen MR) is 76.2 cm³/mol. The van der Waals surface area contributed by atoms with Gasteiger partial charge in [-0.25, -0.2) is 8.78 Å². The topological polar surface area (TPSA) is 55.4 Å². The van der Waals surface area contributed by atoms with Crippen LogP contribution in [0.1, 0.15) is 12.8 Å². The molecule has 10 heteroatoms. The first-order valence-electron chi connectivity index (χ1n) is 6.18. The first-order chi connectivity index (χ1) is 10.6. The monoisotopic (exact) mass is 375 g/mol. The maximum absolute atomic E-state index is 12.5. The van der Waals surface area contributed by atoms with Gasteiger partial charge in [0.15, 0.2) is 6.61 Å². The minimum Gasteiger partial charge on any atom is -0.459 e. The second kappa shape index (κ2) is 8.35. The lowest BCUT2D eigenvalue weighted by molar-refractivity contribution is -0.179. The molecule has 0 saturated carbocycles. The average molecular weight is 376 g/mol. The molecule has 0 unspecified atom stereocenters. The number of hydrogen-bond donors (Lipinski definition) is 1. The number of hydrogen-bond acceptors (Lipinski definition) is 3. The largest absolute Gasteiger partial charge is 0.459 e. The summed E-state index contributed by atoms with van der Waals surface area (Å²) in [7, 11) is 0. The van der Waals surface area contributed by atoms with Gasteiger partial charge in [-0.3, -0.25) is 9.59 Å². The Bertz CT molecular complexity index is 584. The zero-order chi connectivity index (χ0) is 17.6. The van der Waals surface area contributed by atoms with Gasteiger partial charge in [-0.05, 0) is 18.2 Å². The van der Waals surface area contributed by atoms with Crippen molar-refractivity contribution >= 4 is 40.8 Å². The number of halogens is 6. The summed E-state index contributed by atoms with van der Waals surface area (Å²) >= 11 is 11.5. The van der Waals surface area contributed by atoms with Crippen molar-refractivity contribution in [1.82, 2.24) is 0 Å². The quantitative estimate of drug-likeness (QED) is 0.575. The molecule has 1 aromatic rings. The number of carbonyl (C=O) groups is 2. The Kier molecular flexibility index (Phi) is 7.08. The van der Waals surface area contributed by atoms with Crippen molar-refractivity contribution in [1.29, 1.82) is 0 Å². The number of esters is 1. The van der Waals surface area contributed by atoms with E-state index < -0.39 is 43.7 Å². The summed E-state index contributed by atoms with van der Waals surface area (Å²) in [6.45, 7) is -1.74. The van der Waals surface area contributed by atoms with Crippen LogP contribution < -0.4 is 5.32 Å². The molecule has 0 bridgehead atoms. The number of nitrogens with one attached hydrogen (secondary N) is 1. The smallest absolute Gasteiger partial charge is 0.340 e. The molecule has 0 aromatic heterocycles. The molecule has 0 atom stereocenters. The summed E-state index contributed by atoms with van der Waals surface area (Å²) in [5, 5.41) is 2.91. The molecule has 1 rings (SSSR count). The molecule has 0 heterocycles. The van der Waals surface area contributed by atoms with Gasteiger partial charge in [0.1, 0.15) is 0 Å². The molecule has 1 N–H and O–H groups in total. The Morgan fingerprint density at radius 1 is 1.22 bits per heavy atom. The molecule has 0 saturated heterocycles. The Morgan fingerprint density at radius 2 is 1.87 bits per heavy atom. The van der Waals surface area contributed by atoms with Crippen LogP contribution in [0, 0.1) is 0 Å². The van der Waals surface area contributed by atoms with Crippen molar-refractivity contribution in [3.05, 3.63) is 28.2 Å². The molecule has 1 aromatic carbocycles. The first kappa shape index (κ1) is 19.5. The van der Waals surface area contributed by atoms with Crippen LogP contribution >= 0.6 is 23.2 Å². The van der Waals surface area contributed by atoms with E-state index in [0.717, 1.165) is 0 Å². The normalized spacial score (nSPS) is 11.4. The van der Waals surface area contributed by atoms with Crippen molar-refractivity contribution in [2.24, 2.45) is 0 Å². The van der Waals surface area contributed by atoms with E-state index in [1.54, 1.807) is 0 Å². The summed E-state index contributed by atoms with van der Waals surface area (Å²) in [5.74, 6) is -6.25. The standard InChI is InChI=1S/C13H11Cl2F4NO3/c14-7-1-2-9(8(15)5-7)20-10(21)3-4-11(22)23-6-13(18,19)12(16)17/h1-2,5,12H,3-4,6H2,(H,20,21). The van der Waals surface area contributed by atoms with Crippen molar-refractivity contribution in [2.75, 3.05) is 11.9 Å². The molecule has 0 aliphatic heterocycles. The number of carbonyl (C=O) groups excluding carboxylic acids is 2. The number of alkyl halides is 4. The van der Waals surface area contributed by atoms with E-state index in [1.165, 1.54) is 18.2 Å². The highest BCUT2D eigenvalue weighted by atomic mass is 35.5. The van der Waals surface area contributed by atoms with Crippen LogP contribution in [0.3, 0.4) is 0 Å². The summed E-state index contributed by atoms with van der Waals surface area (Å²) in [6.07, 6.45) is -4.88. The van der Waals surface area contributed by atoms with E-state index in [2.05, 4.69) is 10.1 Å². The number of ether oxygens (including phenoxy) is 1. The van der Waals surface area contributed by atoms with E-state index >= 15 is 0 Å². The Labute approximate surface area is 138 Å².